The van der Waals surface area contributed by atoms with Gasteiger partial charge in [-0.3, -0.25) is 9.59 Å². The third-order valence-electron chi connectivity index (χ3n) is 4.97. The topological polar surface area (TPSA) is 111 Å². The van der Waals surface area contributed by atoms with E-state index in [-0.39, 0.29) is 24.0 Å². The molecule has 3 amide bonds. The van der Waals surface area contributed by atoms with Gasteiger partial charge in [0.25, 0.3) is 11.8 Å². The fraction of sp³-hybridized carbons (Fsp3) is 0.524. The number of hydroxylamine groups is 2. The summed E-state index contributed by atoms with van der Waals surface area (Å²) >= 11 is 0. The van der Waals surface area contributed by atoms with Crippen LogP contribution in [0.1, 0.15) is 67.2 Å². The summed E-state index contributed by atoms with van der Waals surface area (Å²) in [5, 5.41) is 3.36. The van der Waals surface area contributed by atoms with Gasteiger partial charge in [0.1, 0.15) is 5.60 Å². The van der Waals surface area contributed by atoms with Crippen LogP contribution in [0.5, 0.6) is 0 Å². The molecule has 0 aromatic heterocycles. The average Bonchev–Trinajstić information content (AvgIpc) is 2.91. The summed E-state index contributed by atoms with van der Waals surface area (Å²) in [6.07, 6.45) is 0.609. The number of carbonyl (C=O) groups excluding carboxylic acids is 4. The Labute approximate surface area is 174 Å². The van der Waals surface area contributed by atoms with Crippen molar-refractivity contribution in [1.29, 1.82) is 0 Å². The van der Waals surface area contributed by atoms with Crippen LogP contribution in [0.3, 0.4) is 0 Å². The Kier molecular flexibility index (Phi) is 6.12. The molecule has 0 spiro atoms. The summed E-state index contributed by atoms with van der Waals surface area (Å²) in [4.78, 5) is 54.4. The van der Waals surface area contributed by atoms with Crippen LogP contribution in [-0.4, -0.2) is 53.3 Å². The molecule has 30 heavy (non-hydrogen) atoms. The Morgan fingerprint density at radius 3 is 2.20 bits per heavy atom. The maximum atomic E-state index is 12.4. The molecule has 9 heteroatoms. The molecule has 2 heterocycles. The molecular formula is C21H26N2O7. The zero-order chi connectivity index (χ0) is 21.9. The van der Waals surface area contributed by atoms with Crippen LogP contribution in [0.4, 0.5) is 4.79 Å². The van der Waals surface area contributed by atoms with E-state index >= 15 is 0 Å². The van der Waals surface area contributed by atoms with Gasteiger partial charge in [-0.05, 0) is 52.2 Å². The Hall–Kier alpha value is -2.94. The fourth-order valence-corrected chi connectivity index (χ4v) is 3.46. The molecule has 0 bridgehead atoms. The minimum absolute atomic E-state index is 0.0940. The summed E-state index contributed by atoms with van der Waals surface area (Å²) in [6.45, 7) is 6.17. The molecule has 0 unspecified atom stereocenters. The monoisotopic (exact) mass is 418 g/mol. The Balaban J connectivity index is 1.61. The van der Waals surface area contributed by atoms with E-state index in [1.54, 1.807) is 32.9 Å². The van der Waals surface area contributed by atoms with Gasteiger partial charge in [-0.15, -0.1) is 0 Å². The van der Waals surface area contributed by atoms with Gasteiger partial charge in [-0.2, -0.15) is 0 Å². The predicted molar refractivity (Wildman–Crippen MR) is 104 cm³/mol. The van der Waals surface area contributed by atoms with Gasteiger partial charge in [-0.25, -0.2) is 9.59 Å². The predicted octanol–water partition coefficient (Wildman–Crippen LogP) is 2.59. The lowest BCUT2D eigenvalue weighted by Gasteiger charge is -2.38. The smallest absolute Gasteiger partial charge is 0.408 e. The van der Waals surface area contributed by atoms with Crippen molar-refractivity contribution in [1.82, 2.24) is 10.4 Å². The second kappa shape index (κ2) is 8.43. The number of rotatable bonds is 5. The van der Waals surface area contributed by atoms with Gasteiger partial charge in [0.2, 0.25) is 0 Å². The summed E-state index contributed by atoms with van der Waals surface area (Å²) in [6, 6.07) is 6.27. The molecule has 1 saturated heterocycles. The van der Waals surface area contributed by atoms with E-state index in [2.05, 4.69) is 5.32 Å². The summed E-state index contributed by atoms with van der Waals surface area (Å²) in [5.74, 6) is -2.07. The first-order valence-electron chi connectivity index (χ1n) is 9.88. The van der Waals surface area contributed by atoms with Crippen LogP contribution >= 0.6 is 0 Å². The zero-order valence-electron chi connectivity index (χ0n) is 17.4. The highest BCUT2D eigenvalue weighted by molar-refractivity contribution is 6.20. The molecular weight excluding hydrogens is 392 g/mol. The number of carbonyl (C=O) groups is 4. The van der Waals surface area contributed by atoms with Crippen molar-refractivity contribution in [3.05, 3.63) is 35.4 Å². The van der Waals surface area contributed by atoms with Crippen molar-refractivity contribution in [2.45, 2.75) is 57.6 Å². The van der Waals surface area contributed by atoms with Crippen LogP contribution in [-0.2, 0) is 19.1 Å². The normalized spacial score (nSPS) is 18.0. The molecule has 2 aliphatic heterocycles. The second-order valence-electron chi connectivity index (χ2n) is 8.43. The molecule has 2 aliphatic rings. The number of nitrogens with one attached hydrogen (secondary N) is 1. The Morgan fingerprint density at radius 2 is 1.67 bits per heavy atom. The average molecular weight is 418 g/mol. The lowest BCUT2D eigenvalue weighted by atomic mass is 9.85. The number of alkyl carbamates (subject to hydrolysis) is 1. The molecule has 1 N–H and O–H groups in total. The van der Waals surface area contributed by atoms with Gasteiger partial charge >= 0.3 is 12.1 Å². The number of ether oxygens (including phenoxy) is 2. The number of imide groups is 1. The van der Waals surface area contributed by atoms with E-state index in [9.17, 15) is 19.2 Å². The van der Waals surface area contributed by atoms with Crippen molar-refractivity contribution >= 4 is 23.9 Å². The van der Waals surface area contributed by atoms with Crippen LogP contribution < -0.4 is 5.32 Å². The maximum Gasteiger partial charge on any atom is 0.408 e. The number of nitrogens with zero attached hydrogens (tertiary/aromatic N) is 1. The first-order chi connectivity index (χ1) is 14.1. The number of hydrogen-bond donors (Lipinski definition) is 1. The lowest BCUT2D eigenvalue weighted by molar-refractivity contribution is -0.169. The fourth-order valence-electron chi connectivity index (χ4n) is 3.46. The zero-order valence-corrected chi connectivity index (χ0v) is 17.4. The first kappa shape index (κ1) is 21.8. The SMILES string of the molecule is CC(C)(C)OC(=O)NC1(CCC(=O)ON2C(=O)c3ccccc3C2=O)CCOCC1. The van der Waals surface area contributed by atoms with Gasteiger partial charge in [0.15, 0.2) is 0 Å². The number of benzene rings is 1. The molecule has 1 aromatic carbocycles. The largest absolute Gasteiger partial charge is 0.444 e. The van der Waals surface area contributed by atoms with E-state index < -0.39 is 35.0 Å². The molecule has 9 nitrogen and oxygen atoms in total. The molecule has 1 aromatic rings. The Bertz CT molecular complexity index is 818. The molecule has 1 fully saturated rings. The molecule has 0 aliphatic carbocycles. The van der Waals surface area contributed by atoms with Gasteiger partial charge < -0.3 is 19.6 Å². The van der Waals surface area contributed by atoms with E-state index in [1.807, 2.05) is 0 Å². The first-order valence-corrected chi connectivity index (χ1v) is 9.88. The van der Waals surface area contributed by atoms with Crippen LogP contribution in [0.2, 0.25) is 0 Å². The molecule has 162 valence electrons. The summed E-state index contributed by atoms with van der Waals surface area (Å²) in [5.41, 5.74) is -0.951. The molecule has 0 saturated carbocycles. The van der Waals surface area contributed by atoms with Crippen molar-refractivity contribution < 1.29 is 33.5 Å². The quantitative estimate of drug-likeness (QED) is 0.732. The minimum Gasteiger partial charge on any atom is -0.444 e. The van der Waals surface area contributed by atoms with Crippen LogP contribution in [0, 0.1) is 0 Å². The van der Waals surface area contributed by atoms with Gasteiger partial charge in [0, 0.05) is 18.8 Å². The second-order valence-corrected chi connectivity index (χ2v) is 8.43. The van der Waals surface area contributed by atoms with Gasteiger partial charge in [0.05, 0.1) is 17.5 Å². The number of hydrogen-bond acceptors (Lipinski definition) is 7. The molecule has 0 atom stereocenters. The number of fused-ring (bicyclic) bond motifs is 1. The molecule has 0 radical (unpaired) electrons. The standard InChI is InChI=1S/C21H26N2O7/c1-20(2,3)29-19(27)22-21(10-12-28-13-11-21)9-8-16(24)30-23-17(25)14-6-4-5-7-15(14)18(23)26/h4-7H,8-13H2,1-3H3,(H,22,27). The minimum atomic E-state index is -0.735. The number of amides is 3. The lowest BCUT2D eigenvalue weighted by Crippen LogP contribution is -2.53. The van der Waals surface area contributed by atoms with Crippen LogP contribution in [0.25, 0.3) is 0 Å². The van der Waals surface area contributed by atoms with Crippen LogP contribution in [0.15, 0.2) is 24.3 Å². The summed E-state index contributed by atoms with van der Waals surface area (Å²) in [7, 11) is 0. The van der Waals surface area contributed by atoms with Gasteiger partial charge in [-0.1, -0.05) is 17.2 Å². The third kappa shape index (κ3) is 4.96. The van der Waals surface area contributed by atoms with Crippen molar-refractivity contribution in [3.8, 4) is 0 Å². The van der Waals surface area contributed by atoms with E-state index in [0.29, 0.717) is 31.1 Å². The van der Waals surface area contributed by atoms with Crippen molar-refractivity contribution in [3.63, 3.8) is 0 Å². The van der Waals surface area contributed by atoms with E-state index in [0.717, 1.165) is 0 Å². The van der Waals surface area contributed by atoms with Crippen molar-refractivity contribution in [2.75, 3.05) is 13.2 Å². The van der Waals surface area contributed by atoms with E-state index in [4.69, 9.17) is 14.3 Å². The highest BCUT2D eigenvalue weighted by Crippen LogP contribution is 2.28. The Morgan fingerprint density at radius 1 is 1.10 bits per heavy atom. The highest BCUT2D eigenvalue weighted by atomic mass is 16.7. The van der Waals surface area contributed by atoms with E-state index in [1.165, 1.54) is 12.1 Å². The van der Waals surface area contributed by atoms with Crippen molar-refractivity contribution in [2.24, 2.45) is 0 Å². The molecule has 3 rings (SSSR count). The highest BCUT2D eigenvalue weighted by Gasteiger charge is 2.40. The maximum absolute atomic E-state index is 12.4. The summed E-state index contributed by atoms with van der Waals surface area (Å²) < 4.78 is 10.7. The third-order valence-corrected chi connectivity index (χ3v) is 4.97.